The second-order valence-electron chi connectivity index (χ2n) is 7.46. The molecule has 7 nitrogen and oxygen atoms in total. The van der Waals surface area contributed by atoms with Gasteiger partial charge in [0.15, 0.2) is 11.5 Å². The molecule has 1 N–H and O–H groups in total. The Labute approximate surface area is 159 Å². The lowest BCUT2D eigenvalue weighted by atomic mass is 9.88. The molecule has 1 saturated heterocycles. The van der Waals surface area contributed by atoms with Gasteiger partial charge in [-0.2, -0.15) is 0 Å². The van der Waals surface area contributed by atoms with Crippen LogP contribution in [0.15, 0.2) is 18.2 Å². The summed E-state index contributed by atoms with van der Waals surface area (Å²) >= 11 is 0. The van der Waals surface area contributed by atoms with Gasteiger partial charge in [-0.3, -0.25) is 4.79 Å². The summed E-state index contributed by atoms with van der Waals surface area (Å²) in [5, 5.41) is 2.95. The minimum Gasteiger partial charge on any atom is -0.454 e. The van der Waals surface area contributed by atoms with E-state index in [2.05, 4.69) is 5.32 Å². The average Bonchev–Trinajstić information content (AvgIpc) is 3.22. The highest BCUT2D eigenvalue weighted by Gasteiger charge is 2.29. The van der Waals surface area contributed by atoms with E-state index >= 15 is 0 Å². The third kappa shape index (κ3) is 3.96. The second kappa shape index (κ2) is 8.06. The molecule has 1 saturated carbocycles. The zero-order chi connectivity index (χ0) is 18.6. The van der Waals surface area contributed by atoms with Gasteiger partial charge in [-0.15, -0.1) is 0 Å². The van der Waals surface area contributed by atoms with Crippen molar-refractivity contribution in [1.29, 1.82) is 0 Å². The maximum atomic E-state index is 12.6. The van der Waals surface area contributed by atoms with E-state index in [1.54, 1.807) is 4.90 Å². The van der Waals surface area contributed by atoms with Gasteiger partial charge in [0.25, 0.3) is 0 Å². The molecule has 0 unspecified atom stereocenters. The van der Waals surface area contributed by atoms with Crippen molar-refractivity contribution in [2.75, 3.05) is 33.0 Å². The van der Waals surface area contributed by atoms with Crippen LogP contribution < -0.4 is 14.8 Å². The van der Waals surface area contributed by atoms with Crippen molar-refractivity contribution in [2.45, 2.75) is 38.6 Å². The summed E-state index contributed by atoms with van der Waals surface area (Å²) < 4.78 is 10.8. The Bertz CT molecular complexity index is 694. The Morgan fingerprint density at radius 1 is 1.00 bits per heavy atom. The number of nitrogens with one attached hydrogen (secondary N) is 1. The molecule has 1 aliphatic carbocycles. The minimum absolute atomic E-state index is 0.101. The van der Waals surface area contributed by atoms with Gasteiger partial charge in [-0.05, 0) is 18.9 Å². The molecule has 3 amide bonds. The molecule has 0 aromatic heterocycles. The Morgan fingerprint density at radius 3 is 2.52 bits per heavy atom. The van der Waals surface area contributed by atoms with Crippen molar-refractivity contribution >= 4 is 11.9 Å². The number of hydrogen-bond acceptors (Lipinski definition) is 4. The van der Waals surface area contributed by atoms with Gasteiger partial charge >= 0.3 is 6.03 Å². The van der Waals surface area contributed by atoms with Gasteiger partial charge in [0.1, 0.15) is 0 Å². The molecule has 0 bridgehead atoms. The first-order valence-electron chi connectivity index (χ1n) is 9.91. The first-order valence-corrected chi connectivity index (χ1v) is 9.91. The van der Waals surface area contributed by atoms with E-state index in [4.69, 9.17) is 9.47 Å². The summed E-state index contributed by atoms with van der Waals surface area (Å²) in [7, 11) is 0. The van der Waals surface area contributed by atoms with E-state index in [1.165, 1.54) is 6.42 Å². The topological polar surface area (TPSA) is 71.1 Å². The molecule has 2 heterocycles. The number of ether oxygens (including phenoxy) is 2. The van der Waals surface area contributed by atoms with Crippen LogP contribution in [0.4, 0.5) is 4.79 Å². The molecule has 0 atom stereocenters. The summed E-state index contributed by atoms with van der Waals surface area (Å²) in [6, 6.07) is 5.58. The fourth-order valence-electron chi connectivity index (χ4n) is 4.15. The maximum absolute atomic E-state index is 12.6. The Hall–Kier alpha value is -2.44. The highest BCUT2D eigenvalue weighted by molar-refractivity contribution is 5.80. The number of amides is 3. The van der Waals surface area contributed by atoms with Crippen molar-refractivity contribution < 1.29 is 19.1 Å². The summed E-state index contributed by atoms with van der Waals surface area (Å²) in [6.07, 6.45) is 5.62. The van der Waals surface area contributed by atoms with Crippen LogP contribution in [-0.4, -0.2) is 54.7 Å². The van der Waals surface area contributed by atoms with E-state index in [0.29, 0.717) is 38.5 Å². The molecule has 1 aromatic carbocycles. The monoisotopic (exact) mass is 373 g/mol. The average molecular weight is 373 g/mol. The third-order valence-corrected chi connectivity index (χ3v) is 5.74. The number of hydrogen-bond donors (Lipinski definition) is 1. The predicted octanol–water partition coefficient (Wildman–Crippen LogP) is 2.35. The number of carbonyl (C=O) groups is 2. The second-order valence-corrected chi connectivity index (χ2v) is 7.46. The third-order valence-electron chi connectivity index (χ3n) is 5.74. The standard InChI is InChI=1S/C20H27N3O4/c24-19(15-5-2-1-3-6-15)22-9-11-23(12-10-22)20(25)21-13-16-7-4-8-17-18(16)27-14-26-17/h4,7-8,15H,1-3,5-6,9-14H2,(H,21,25). The molecule has 3 aliphatic rings. The van der Waals surface area contributed by atoms with Gasteiger partial charge < -0.3 is 24.6 Å². The highest BCUT2D eigenvalue weighted by atomic mass is 16.7. The van der Waals surface area contributed by atoms with Crippen LogP contribution in [0.1, 0.15) is 37.7 Å². The van der Waals surface area contributed by atoms with Crippen LogP contribution in [0.5, 0.6) is 11.5 Å². The molecule has 0 radical (unpaired) electrons. The van der Waals surface area contributed by atoms with Crippen molar-refractivity contribution in [1.82, 2.24) is 15.1 Å². The number of rotatable bonds is 3. The van der Waals surface area contributed by atoms with Gasteiger partial charge in [-0.25, -0.2) is 4.79 Å². The fourth-order valence-corrected chi connectivity index (χ4v) is 4.15. The molecule has 2 fully saturated rings. The lowest BCUT2D eigenvalue weighted by Gasteiger charge is -2.37. The van der Waals surface area contributed by atoms with Gasteiger partial charge in [0.05, 0.1) is 0 Å². The molecule has 4 rings (SSSR count). The van der Waals surface area contributed by atoms with Crippen LogP contribution >= 0.6 is 0 Å². The zero-order valence-electron chi connectivity index (χ0n) is 15.6. The van der Waals surface area contributed by atoms with Crippen molar-refractivity contribution in [3.05, 3.63) is 23.8 Å². The molecule has 2 aliphatic heterocycles. The quantitative estimate of drug-likeness (QED) is 0.883. The molecule has 146 valence electrons. The number of piperazine rings is 1. The van der Waals surface area contributed by atoms with Crippen molar-refractivity contribution in [3.8, 4) is 11.5 Å². The SMILES string of the molecule is O=C(NCc1cccc2c1OCO2)N1CCN(C(=O)C2CCCCC2)CC1. The fraction of sp³-hybridized carbons (Fsp3) is 0.600. The Morgan fingerprint density at radius 2 is 1.74 bits per heavy atom. The number of para-hydroxylation sites is 1. The summed E-state index contributed by atoms with van der Waals surface area (Å²) in [4.78, 5) is 28.8. The Kier molecular flexibility index (Phi) is 5.36. The predicted molar refractivity (Wildman–Crippen MR) is 99.5 cm³/mol. The number of nitrogens with zero attached hydrogens (tertiary/aromatic N) is 2. The maximum Gasteiger partial charge on any atom is 0.317 e. The molecule has 27 heavy (non-hydrogen) atoms. The number of benzene rings is 1. The number of fused-ring (bicyclic) bond motifs is 1. The molecular weight excluding hydrogens is 346 g/mol. The van der Waals surface area contributed by atoms with Gasteiger partial charge in [0, 0.05) is 44.2 Å². The van der Waals surface area contributed by atoms with E-state index < -0.39 is 0 Å². The van der Waals surface area contributed by atoms with Gasteiger partial charge in [-0.1, -0.05) is 31.4 Å². The number of urea groups is 1. The van der Waals surface area contributed by atoms with Crippen LogP contribution in [0.25, 0.3) is 0 Å². The molecular formula is C20H27N3O4. The lowest BCUT2D eigenvalue weighted by Crippen LogP contribution is -2.54. The van der Waals surface area contributed by atoms with Crippen LogP contribution in [0.2, 0.25) is 0 Å². The Balaban J connectivity index is 1.25. The van der Waals surface area contributed by atoms with Crippen molar-refractivity contribution in [3.63, 3.8) is 0 Å². The normalized spacial score (nSPS) is 19.9. The van der Waals surface area contributed by atoms with Gasteiger partial charge in [0.2, 0.25) is 12.7 Å². The molecule has 1 aromatic rings. The van der Waals surface area contributed by atoms with E-state index in [-0.39, 0.29) is 24.6 Å². The van der Waals surface area contributed by atoms with Crippen LogP contribution in [0.3, 0.4) is 0 Å². The minimum atomic E-state index is -0.101. The largest absolute Gasteiger partial charge is 0.454 e. The van der Waals surface area contributed by atoms with E-state index in [1.807, 2.05) is 23.1 Å². The molecule has 7 heteroatoms. The van der Waals surface area contributed by atoms with E-state index in [9.17, 15) is 9.59 Å². The highest BCUT2D eigenvalue weighted by Crippen LogP contribution is 2.35. The first-order chi connectivity index (χ1) is 13.2. The summed E-state index contributed by atoms with van der Waals surface area (Å²) in [5.41, 5.74) is 0.907. The smallest absolute Gasteiger partial charge is 0.317 e. The van der Waals surface area contributed by atoms with Crippen LogP contribution in [-0.2, 0) is 11.3 Å². The van der Waals surface area contributed by atoms with Crippen molar-refractivity contribution in [2.24, 2.45) is 5.92 Å². The van der Waals surface area contributed by atoms with E-state index in [0.717, 1.165) is 37.0 Å². The number of carbonyl (C=O) groups excluding carboxylic acids is 2. The summed E-state index contributed by atoms with van der Waals surface area (Å²) in [6.45, 7) is 3.03. The summed E-state index contributed by atoms with van der Waals surface area (Å²) in [5.74, 6) is 1.91. The lowest BCUT2D eigenvalue weighted by molar-refractivity contribution is -0.138. The molecule has 0 spiro atoms. The first kappa shape index (κ1) is 17.9. The zero-order valence-corrected chi connectivity index (χ0v) is 15.6. The van der Waals surface area contributed by atoms with Crippen LogP contribution in [0, 0.1) is 5.92 Å².